The van der Waals surface area contributed by atoms with Gasteiger partial charge in [-0.15, -0.1) is 0 Å². The summed E-state index contributed by atoms with van der Waals surface area (Å²) >= 11 is 0. The summed E-state index contributed by atoms with van der Waals surface area (Å²) < 4.78 is 0. The molecule has 3 atom stereocenters. The number of nitrogens with zero attached hydrogens (tertiary/aromatic N) is 1. The summed E-state index contributed by atoms with van der Waals surface area (Å²) in [6.45, 7) is 1.45. The minimum atomic E-state index is -0.933. The van der Waals surface area contributed by atoms with Crippen molar-refractivity contribution in [3.05, 3.63) is 18.2 Å². The Morgan fingerprint density at radius 1 is 1.42 bits per heavy atom. The van der Waals surface area contributed by atoms with Crippen LogP contribution >= 0.6 is 0 Å². The number of nitrogens with one attached hydrogen (secondary N) is 4. The molecule has 0 aliphatic carbocycles. The second-order valence-corrected chi connectivity index (χ2v) is 5.63. The summed E-state index contributed by atoms with van der Waals surface area (Å²) in [5.74, 6) is -1.88. The maximum atomic E-state index is 12.3. The van der Waals surface area contributed by atoms with Crippen LogP contribution in [0.15, 0.2) is 12.5 Å². The number of carbonyl (C=O) groups is 4. The van der Waals surface area contributed by atoms with Gasteiger partial charge >= 0.3 is 0 Å². The Labute approximate surface area is 138 Å². The average Bonchev–Trinajstić information content (AvgIpc) is 3.17. The molecular formula is C14H20N6O4. The lowest BCUT2D eigenvalue weighted by molar-refractivity contribution is -0.132. The van der Waals surface area contributed by atoms with Crippen LogP contribution in [0.3, 0.4) is 0 Å². The molecule has 3 unspecified atom stereocenters. The number of aromatic amines is 1. The third kappa shape index (κ3) is 4.54. The minimum absolute atomic E-state index is 0.156. The van der Waals surface area contributed by atoms with E-state index in [-0.39, 0.29) is 18.7 Å². The molecule has 1 aromatic rings. The van der Waals surface area contributed by atoms with Crippen LogP contribution in [0.4, 0.5) is 0 Å². The molecule has 6 N–H and O–H groups in total. The third-order valence-electron chi connectivity index (χ3n) is 3.71. The molecular weight excluding hydrogens is 316 g/mol. The molecule has 0 radical (unpaired) electrons. The van der Waals surface area contributed by atoms with Gasteiger partial charge in [-0.1, -0.05) is 0 Å². The van der Waals surface area contributed by atoms with Gasteiger partial charge in [-0.05, 0) is 13.3 Å². The van der Waals surface area contributed by atoms with E-state index in [0.29, 0.717) is 12.1 Å². The van der Waals surface area contributed by atoms with E-state index in [1.165, 1.54) is 19.4 Å². The Hall–Kier alpha value is -2.91. The molecule has 1 saturated heterocycles. The molecule has 0 saturated carbocycles. The van der Waals surface area contributed by atoms with Crippen LogP contribution in [0.2, 0.25) is 0 Å². The van der Waals surface area contributed by atoms with Gasteiger partial charge in [0.1, 0.15) is 18.1 Å². The Morgan fingerprint density at radius 2 is 2.17 bits per heavy atom. The molecule has 1 aliphatic rings. The number of aromatic nitrogens is 2. The number of primary amides is 1. The third-order valence-corrected chi connectivity index (χ3v) is 3.71. The number of H-pyrrole nitrogens is 1. The van der Waals surface area contributed by atoms with Crippen LogP contribution in [-0.2, 0) is 25.6 Å². The van der Waals surface area contributed by atoms with Crippen molar-refractivity contribution in [1.29, 1.82) is 0 Å². The molecule has 1 fully saturated rings. The highest BCUT2D eigenvalue weighted by molar-refractivity contribution is 5.95. The first-order valence-electron chi connectivity index (χ1n) is 7.53. The Bertz CT molecular complexity index is 629. The molecule has 10 nitrogen and oxygen atoms in total. The van der Waals surface area contributed by atoms with Crippen molar-refractivity contribution in [2.75, 3.05) is 0 Å². The molecule has 130 valence electrons. The Morgan fingerprint density at radius 3 is 2.71 bits per heavy atom. The first-order valence-corrected chi connectivity index (χ1v) is 7.53. The predicted octanol–water partition coefficient (Wildman–Crippen LogP) is -2.29. The highest BCUT2D eigenvalue weighted by atomic mass is 16.2. The lowest BCUT2D eigenvalue weighted by Gasteiger charge is -2.21. The van der Waals surface area contributed by atoms with Gasteiger partial charge in [0.05, 0.1) is 6.33 Å². The fraction of sp³-hybridized carbons (Fsp3) is 0.500. The molecule has 4 amide bonds. The normalized spacial score (nSPS) is 19.2. The topological polar surface area (TPSA) is 159 Å². The van der Waals surface area contributed by atoms with Crippen LogP contribution < -0.4 is 21.7 Å². The summed E-state index contributed by atoms with van der Waals surface area (Å²) in [5, 5.41) is 7.58. The number of nitrogens with two attached hydrogens (primary N) is 1. The SMILES string of the molecule is CC(NC(=O)C(Cc1cnc[nH]1)NC(=O)C1CCC(=O)N1)C(N)=O. The van der Waals surface area contributed by atoms with E-state index in [9.17, 15) is 19.2 Å². The average molecular weight is 336 g/mol. The minimum Gasteiger partial charge on any atom is -0.368 e. The fourth-order valence-electron chi connectivity index (χ4n) is 2.29. The van der Waals surface area contributed by atoms with Crippen LogP contribution in [0.1, 0.15) is 25.5 Å². The molecule has 1 aliphatic heterocycles. The van der Waals surface area contributed by atoms with Gasteiger partial charge in [-0.3, -0.25) is 19.2 Å². The van der Waals surface area contributed by atoms with Gasteiger partial charge < -0.3 is 26.7 Å². The van der Waals surface area contributed by atoms with Gasteiger partial charge in [0, 0.05) is 24.7 Å². The van der Waals surface area contributed by atoms with E-state index >= 15 is 0 Å². The number of amides is 4. The summed E-state index contributed by atoms with van der Waals surface area (Å²) in [6, 6.07) is -2.47. The first-order chi connectivity index (χ1) is 11.4. The van der Waals surface area contributed by atoms with E-state index in [2.05, 4.69) is 25.9 Å². The maximum Gasteiger partial charge on any atom is 0.243 e. The van der Waals surface area contributed by atoms with E-state index < -0.39 is 35.8 Å². The summed E-state index contributed by atoms with van der Waals surface area (Å²) in [6.07, 6.45) is 3.79. The highest BCUT2D eigenvalue weighted by Gasteiger charge is 2.31. The molecule has 0 spiro atoms. The van der Waals surface area contributed by atoms with Gasteiger partial charge in [0.15, 0.2) is 0 Å². The van der Waals surface area contributed by atoms with E-state index in [1.807, 2.05) is 0 Å². The summed E-state index contributed by atoms with van der Waals surface area (Å²) in [7, 11) is 0. The Kier molecular flexibility index (Phi) is 5.51. The first kappa shape index (κ1) is 17.4. The van der Waals surface area contributed by atoms with Crippen molar-refractivity contribution in [2.24, 2.45) is 5.73 Å². The van der Waals surface area contributed by atoms with Crippen molar-refractivity contribution >= 4 is 23.6 Å². The van der Waals surface area contributed by atoms with Crippen molar-refractivity contribution in [3.63, 3.8) is 0 Å². The predicted molar refractivity (Wildman–Crippen MR) is 82.2 cm³/mol. The fourth-order valence-corrected chi connectivity index (χ4v) is 2.29. The van der Waals surface area contributed by atoms with Crippen LogP contribution in [0, 0.1) is 0 Å². The number of hydrogen-bond acceptors (Lipinski definition) is 5. The Balaban J connectivity index is 2.04. The van der Waals surface area contributed by atoms with Gasteiger partial charge in [-0.25, -0.2) is 4.98 Å². The zero-order valence-electron chi connectivity index (χ0n) is 13.2. The van der Waals surface area contributed by atoms with Crippen molar-refractivity contribution in [2.45, 2.75) is 44.3 Å². The molecule has 0 bridgehead atoms. The maximum absolute atomic E-state index is 12.3. The van der Waals surface area contributed by atoms with Crippen LogP contribution in [0.5, 0.6) is 0 Å². The van der Waals surface area contributed by atoms with Crippen molar-refractivity contribution < 1.29 is 19.2 Å². The second-order valence-electron chi connectivity index (χ2n) is 5.63. The summed E-state index contributed by atoms with van der Waals surface area (Å²) in [4.78, 5) is 53.6. The van der Waals surface area contributed by atoms with Gasteiger partial charge in [0.25, 0.3) is 0 Å². The molecule has 2 rings (SSSR count). The van der Waals surface area contributed by atoms with E-state index in [0.717, 1.165) is 0 Å². The zero-order chi connectivity index (χ0) is 17.7. The van der Waals surface area contributed by atoms with Crippen LogP contribution in [0.25, 0.3) is 0 Å². The van der Waals surface area contributed by atoms with Crippen molar-refractivity contribution in [1.82, 2.24) is 25.9 Å². The van der Waals surface area contributed by atoms with E-state index in [4.69, 9.17) is 5.73 Å². The smallest absolute Gasteiger partial charge is 0.243 e. The highest BCUT2D eigenvalue weighted by Crippen LogP contribution is 2.08. The second kappa shape index (κ2) is 7.57. The molecule has 24 heavy (non-hydrogen) atoms. The summed E-state index contributed by atoms with van der Waals surface area (Å²) in [5.41, 5.74) is 5.77. The number of imidazole rings is 1. The lowest BCUT2D eigenvalue weighted by atomic mass is 10.1. The standard InChI is InChI=1S/C14H20N6O4/c1-7(12(15)22)18-14(24)10(4-8-5-16-6-17-8)20-13(23)9-2-3-11(21)19-9/h5-7,9-10H,2-4H2,1H3,(H2,15,22)(H,16,17)(H,18,24)(H,19,21)(H,20,23). The monoisotopic (exact) mass is 336 g/mol. The quantitative estimate of drug-likeness (QED) is 0.378. The lowest BCUT2D eigenvalue weighted by Crippen LogP contribution is -2.55. The molecule has 10 heteroatoms. The molecule has 1 aromatic heterocycles. The van der Waals surface area contributed by atoms with Gasteiger partial charge in [0.2, 0.25) is 23.6 Å². The zero-order valence-corrected chi connectivity index (χ0v) is 13.2. The molecule has 0 aromatic carbocycles. The van der Waals surface area contributed by atoms with Crippen LogP contribution in [-0.4, -0.2) is 51.7 Å². The number of hydrogen-bond donors (Lipinski definition) is 5. The molecule has 2 heterocycles. The number of rotatable bonds is 7. The van der Waals surface area contributed by atoms with Crippen molar-refractivity contribution in [3.8, 4) is 0 Å². The number of carbonyl (C=O) groups excluding carboxylic acids is 4. The largest absolute Gasteiger partial charge is 0.368 e. The van der Waals surface area contributed by atoms with Gasteiger partial charge in [-0.2, -0.15) is 0 Å². The van der Waals surface area contributed by atoms with E-state index in [1.54, 1.807) is 0 Å².